The highest BCUT2D eigenvalue weighted by Crippen LogP contribution is 2.26. The number of fused-ring (bicyclic) bond motifs is 1. The van der Waals surface area contributed by atoms with Crippen molar-refractivity contribution in [3.05, 3.63) is 89.7 Å². The molecule has 3 aromatic carbocycles. The van der Waals surface area contributed by atoms with Crippen molar-refractivity contribution in [1.29, 1.82) is 0 Å². The number of unbranched alkanes of at least 4 members (excludes halogenated alkanes) is 1. The molecule has 1 N–H and O–H groups in total. The molecule has 6 heteroatoms. The third-order valence-corrected chi connectivity index (χ3v) is 5.86. The van der Waals surface area contributed by atoms with Crippen LogP contribution in [0.1, 0.15) is 34.6 Å². The summed E-state index contributed by atoms with van der Waals surface area (Å²) >= 11 is 0. The first kappa shape index (κ1) is 23.4. The molecule has 0 aliphatic carbocycles. The molecule has 0 saturated heterocycles. The van der Waals surface area contributed by atoms with Gasteiger partial charge in [-0.05, 0) is 55.7 Å². The molecular formula is C28H31N3O3. The zero-order valence-electron chi connectivity index (χ0n) is 19.8. The lowest BCUT2D eigenvalue weighted by molar-refractivity contribution is 0.0953. The minimum absolute atomic E-state index is 0.0470. The van der Waals surface area contributed by atoms with Crippen LogP contribution in [0.3, 0.4) is 0 Å². The van der Waals surface area contributed by atoms with Gasteiger partial charge in [0.2, 0.25) is 0 Å². The van der Waals surface area contributed by atoms with E-state index in [1.165, 1.54) is 0 Å². The van der Waals surface area contributed by atoms with Gasteiger partial charge in [0, 0.05) is 25.1 Å². The van der Waals surface area contributed by atoms with Crippen LogP contribution in [-0.2, 0) is 13.0 Å². The molecule has 0 atom stereocenters. The highest BCUT2D eigenvalue weighted by Gasteiger charge is 2.12. The number of carbonyl (C=O) groups is 1. The molecule has 1 heterocycles. The minimum Gasteiger partial charge on any atom is -0.493 e. The molecule has 0 fully saturated rings. The maximum Gasteiger partial charge on any atom is 0.251 e. The number of methoxy groups -OCH3 is 1. The second kappa shape index (κ2) is 11.4. The van der Waals surface area contributed by atoms with Gasteiger partial charge in [0.25, 0.3) is 5.91 Å². The molecule has 1 aromatic heterocycles. The zero-order chi connectivity index (χ0) is 23.8. The van der Waals surface area contributed by atoms with E-state index in [4.69, 9.17) is 14.5 Å². The van der Waals surface area contributed by atoms with Crippen LogP contribution in [-0.4, -0.2) is 35.7 Å². The predicted molar refractivity (Wildman–Crippen MR) is 135 cm³/mol. The summed E-state index contributed by atoms with van der Waals surface area (Å²) in [5.74, 6) is 2.45. The summed E-state index contributed by atoms with van der Waals surface area (Å²) in [6.07, 6.45) is 2.54. The number of para-hydroxylation sites is 4. The van der Waals surface area contributed by atoms with Crippen LogP contribution in [0, 0.1) is 6.92 Å². The van der Waals surface area contributed by atoms with Crippen molar-refractivity contribution in [2.75, 3.05) is 20.3 Å². The van der Waals surface area contributed by atoms with E-state index < -0.39 is 0 Å². The summed E-state index contributed by atoms with van der Waals surface area (Å²) < 4.78 is 13.5. The number of hydrogen-bond donors (Lipinski definition) is 1. The van der Waals surface area contributed by atoms with Gasteiger partial charge in [0.1, 0.15) is 5.82 Å². The quantitative estimate of drug-likeness (QED) is 0.315. The average molecular weight is 458 g/mol. The molecule has 0 saturated carbocycles. The summed E-state index contributed by atoms with van der Waals surface area (Å²) in [5, 5.41) is 3.04. The average Bonchev–Trinajstić information content (AvgIpc) is 3.21. The van der Waals surface area contributed by atoms with Crippen molar-refractivity contribution in [2.24, 2.45) is 0 Å². The van der Waals surface area contributed by atoms with E-state index in [2.05, 4.69) is 16.0 Å². The van der Waals surface area contributed by atoms with Crippen molar-refractivity contribution in [3.63, 3.8) is 0 Å². The minimum atomic E-state index is -0.0470. The molecule has 4 aromatic rings. The molecule has 0 radical (unpaired) electrons. The number of rotatable bonds is 11. The number of ether oxygens (including phenoxy) is 2. The highest BCUT2D eigenvalue weighted by atomic mass is 16.5. The van der Waals surface area contributed by atoms with Crippen LogP contribution in [0.4, 0.5) is 0 Å². The van der Waals surface area contributed by atoms with E-state index in [0.29, 0.717) is 25.1 Å². The first-order chi connectivity index (χ1) is 16.7. The smallest absolute Gasteiger partial charge is 0.251 e. The van der Waals surface area contributed by atoms with Crippen LogP contribution >= 0.6 is 0 Å². The van der Waals surface area contributed by atoms with E-state index >= 15 is 0 Å². The molecule has 4 rings (SSSR count). The summed E-state index contributed by atoms with van der Waals surface area (Å²) in [6, 6.07) is 23.5. The fraction of sp³-hybridized carbons (Fsp3) is 0.286. The van der Waals surface area contributed by atoms with Gasteiger partial charge < -0.3 is 19.4 Å². The Kier molecular flexibility index (Phi) is 7.81. The Bertz CT molecular complexity index is 1250. The fourth-order valence-electron chi connectivity index (χ4n) is 4.07. The number of nitrogens with one attached hydrogen (secondary N) is 1. The van der Waals surface area contributed by atoms with Gasteiger partial charge in [-0.25, -0.2) is 4.98 Å². The lowest BCUT2D eigenvalue weighted by atomic mass is 10.1. The van der Waals surface area contributed by atoms with Gasteiger partial charge in [-0.15, -0.1) is 0 Å². The number of hydrogen-bond acceptors (Lipinski definition) is 4. The van der Waals surface area contributed by atoms with Crippen LogP contribution in [0.2, 0.25) is 0 Å². The molecule has 0 unspecified atom stereocenters. The van der Waals surface area contributed by atoms with Crippen LogP contribution < -0.4 is 14.8 Å². The Morgan fingerprint density at radius 3 is 2.50 bits per heavy atom. The van der Waals surface area contributed by atoms with E-state index in [1.807, 2.05) is 73.7 Å². The van der Waals surface area contributed by atoms with Gasteiger partial charge >= 0.3 is 0 Å². The maximum atomic E-state index is 12.6. The fourth-order valence-corrected chi connectivity index (χ4v) is 4.07. The van der Waals surface area contributed by atoms with E-state index in [0.717, 1.165) is 53.3 Å². The van der Waals surface area contributed by atoms with Gasteiger partial charge in [0.15, 0.2) is 11.5 Å². The van der Waals surface area contributed by atoms with Crippen molar-refractivity contribution < 1.29 is 14.3 Å². The van der Waals surface area contributed by atoms with Gasteiger partial charge in [0.05, 0.1) is 24.8 Å². The molecule has 6 nitrogen and oxygen atoms in total. The van der Waals surface area contributed by atoms with E-state index in [9.17, 15) is 4.79 Å². The Morgan fingerprint density at radius 1 is 0.941 bits per heavy atom. The lowest BCUT2D eigenvalue weighted by Gasteiger charge is -2.12. The third-order valence-electron chi connectivity index (χ3n) is 5.86. The number of aryl methyl sites for hydroxylation is 2. The molecule has 0 aliphatic heterocycles. The van der Waals surface area contributed by atoms with Crippen LogP contribution in [0.25, 0.3) is 11.0 Å². The SMILES string of the molecule is COc1ccccc1OCCCCn1c(CCNC(=O)c2ccccc2C)nc2ccccc21. The van der Waals surface area contributed by atoms with Crippen molar-refractivity contribution in [2.45, 2.75) is 32.7 Å². The maximum absolute atomic E-state index is 12.6. The van der Waals surface area contributed by atoms with Gasteiger partial charge in [-0.2, -0.15) is 0 Å². The normalized spacial score (nSPS) is 10.9. The van der Waals surface area contributed by atoms with Gasteiger partial charge in [-0.3, -0.25) is 4.79 Å². The standard InChI is InChI=1S/C28H31N3O3/c1-21-11-3-4-12-22(21)28(32)29-18-17-27-30-23-13-5-6-14-24(23)31(27)19-9-10-20-34-26-16-8-7-15-25(26)33-2/h3-8,11-16H,9-10,17-20H2,1-2H3,(H,29,32). The second-order valence-corrected chi connectivity index (χ2v) is 8.20. The summed E-state index contributed by atoms with van der Waals surface area (Å²) in [7, 11) is 1.65. The van der Waals surface area contributed by atoms with Gasteiger partial charge in [-0.1, -0.05) is 42.5 Å². The van der Waals surface area contributed by atoms with Crippen molar-refractivity contribution in [1.82, 2.24) is 14.9 Å². The van der Waals surface area contributed by atoms with Crippen LogP contribution in [0.5, 0.6) is 11.5 Å². The Morgan fingerprint density at radius 2 is 1.68 bits per heavy atom. The van der Waals surface area contributed by atoms with Crippen LogP contribution in [0.15, 0.2) is 72.8 Å². The molecule has 176 valence electrons. The number of aromatic nitrogens is 2. The Balaban J connectivity index is 1.34. The topological polar surface area (TPSA) is 65.4 Å². The number of amides is 1. The summed E-state index contributed by atoms with van der Waals surface area (Å²) in [6.45, 7) is 3.95. The van der Waals surface area contributed by atoms with Crippen molar-refractivity contribution >= 4 is 16.9 Å². The second-order valence-electron chi connectivity index (χ2n) is 8.20. The molecule has 0 spiro atoms. The molecule has 0 aliphatic rings. The predicted octanol–water partition coefficient (Wildman–Crippen LogP) is 5.19. The number of imidazole rings is 1. The summed E-state index contributed by atoms with van der Waals surface area (Å²) in [4.78, 5) is 17.4. The van der Waals surface area contributed by atoms with E-state index in [-0.39, 0.29) is 5.91 Å². The largest absolute Gasteiger partial charge is 0.493 e. The summed E-state index contributed by atoms with van der Waals surface area (Å²) in [5.41, 5.74) is 3.79. The third kappa shape index (κ3) is 5.57. The Labute approximate surface area is 200 Å². The molecular weight excluding hydrogens is 426 g/mol. The monoisotopic (exact) mass is 457 g/mol. The van der Waals surface area contributed by atoms with E-state index in [1.54, 1.807) is 7.11 Å². The van der Waals surface area contributed by atoms with Crippen molar-refractivity contribution in [3.8, 4) is 11.5 Å². The first-order valence-electron chi connectivity index (χ1n) is 11.7. The first-order valence-corrected chi connectivity index (χ1v) is 11.7. The molecule has 34 heavy (non-hydrogen) atoms. The number of carbonyl (C=O) groups excluding carboxylic acids is 1. The Hall–Kier alpha value is -3.80. The highest BCUT2D eigenvalue weighted by molar-refractivity contribution is 5.95. The molecule has 0 bridgehead atoms. The molecule has 1 amide bonds. The number of benzene rings is 3. The number of nitrogens with zero attached hydrogens (tertiary/aromatic N) is 2. The lowest BCUT2D eigenvalue weighted by Crippen LogP contribution is -2.27. The zero-order valence-corrected chi connectivity index (χ0v) is 19.8.